The third kappa shape index (κ3) is 3.73. The van der Waals surface area contributed by atoms with Crippen LogP contribution in [0.1, 0.15) is 5.56 Å². The molecule has 1 aliphatic rings. The molecule has 0 atom stereocenters. The number of carbonyl (C=O) groups is 2. The zero-order valence-corrected chi connectivity index (χ0v) is 16.2. The summed E-state index contributed by atoms with van der Waals surface area (Å²) >= 11 is 7.46. The molecule has 0 spiro atoms. The van der Waals surface area contributed by atoms with Crippen molar-refractivity contribution in [2.45, 2.75) is 0 Å². The van der Waals surface area contributed by atoms with Gasteiger partial charge in [0, 0.05) is 11.6 Å². The highest BCUT2D eigenvalue weighted by atomic mass is 79.9. The molecular formula is C14H13Br2NO5S. The first-order chi connectivity index (χ1) is 10.9. The quantitative estimate of drug-likeness (QED) is 0.668. The Morgan fingerprint density at radius 2 is 2.00 bits per heavy atom. The Bertz CT molecular complexity index is 692. The maximum absolute atomic E-state index is 12.3. The molecule has 1 heterocycles. The summed E-state index contributed by atoms with van der Waals surface area (Å²) in [6.07, 6.45) is 1.58. The van der Waals surface area contributed by atoms with E-state index in [1.165, 1.54) is 14.2 Å². The molecule has 6 nitrogen and oxygen atoms in total. The van der Waals surface area contributed by atoms with E-state index in [2.05, 4.69) is 31.9 Å². The molecule has 2 amide bonds. The molecule has 2 rings (SSSR count). The summed E-state index contributed by atoms with van der Waals surface area (Å²) in [6.45, 7) is 0.496. The van der Waals surface area contributed by atoms with Crippen LogP contribution in [0, 0.1) is 0 Å². The van der Waals surface area contributed by atoms with E-state index in [-0.39, 0.29) is 35.8 Å². The minimum Gasteiger partial charge on any atom is -0.503 e. The normalized spacial score (nSPS) is 16.5. The lowest BCUT2D eigenvalue weighted by Crippen LogP contribution is -2.31. The van der Waals surface area contributed by atoms with E-state index in [0.29, 0.717) is 19.4 Å². The second-order valence-electron chi connectivity index (χ2n) is 4.47. The summed E-state index contributed by atoms with van der Waals surface area (Å²) in [5, 5.41) is 9.59. The fraction of sp³-hybridized carbons (Fsp3) is 0.286. The van der Waals surface area contributed by atoms with E-state index in [1.54, 1.807) is 12.1 Å². The first kappa shape index (κ1) is 18.3. The van der Waals surface area contributed by atoms with Gasteiger partial charge in [0.1, 0.15) is 0 Å². The van der Waals surface area contributed by atoms with Gasteiger partial charge in [-0.1, -0.05) is 0 Å². The molecule has 1 aromatic carbocycles. The number of halogens is 2. The number of rotatable bonds is 5. The van der Waals surface area contributed by atoms with Gasteiger partial charge in [-0.25, -0.2) is 0 Å². The highest BCUT2D eigenvalue weighted by Crippen LogP contribution is 2.43. The van der Waals surface area contributed by atoms with E-state index in [9.17, 15) is 14.7 Å². The molecule has 1 fully saturated rings. The van der Waals surface area contributed by atoms with Gasteiger partial charge >= 0.3 is 0 Å². The molecule has 0 radical (unpaired) electrons. The Balaban J connectivity index is 2.38. The number of amides is 2. The number of thioether (sulfide) groups is 1. The van der Waals surface area contributed by atoms with Crippen LogP contribution in [-0.4, -0.2) is 48.5 Å². The van der Waals surface area contributed by atoms with Gasteiger partial charge < -0.3 is 14.6 Å². The zero-order valence-electron chi connectivity index (χ0n) is 12.3. The monoisotopic (exact) mass is 465 g/mol. The van der Waals surface area contributed by atoms with Gasteiger partial charge in [-0.2, -0.15) is 0 Å². The third-order valence-corrected chi connectivity index (χ3v) is 6.14. The number of benzene rings is 1. The van der Waals surface area contributed by atoms with Crippen molar-refractivity contribution in [3.8, 4) is 11.5 Å². The predicted octanol–water partition coefficient (Wildman–Crippen LogP) is 3.61. The first-order valence-electron chi connectivity index (χ1n) is 6.40. The summed E-state index contributed by atoms with van der Waals surface area (Å²) in [5.41, 5.74) is 0.601. The molecule has 0 aromatic heterocycles. The molecule has 23 heavy (non-hydrogen) atoms. The Labute approximate surface area is 154 Å². The Hall–Kier alpha value is -1.03. The van der Waals surface area contributed by atoms with Crippen LogP contribution in [0.25, 0.3) is 6.08 Å². The van der Waals surface area contributed by atoms with E-state index in [0.717, 1.165) is 16.7 Å². The van der Waals surface area contributed by atoms with Crippen LogP contribution in [0.2, 0.25) is 0 Å². The van der Waals surface area contributed by atoms with Crippen LogP contribution in [0.3, 0.4) is 0 Å². The number of phenolic OH excluding ortho intramolecular Hbond substituents is 1. The van der Waals surface area contributed by atoms with Gasteiger partial charge in [-0.05, 0) is 61.3 Å². The second kappa shape index (κ2) is 7.69. The summed E-state index contributed by atoms with van der Waals surface area (Å²) in [5.74, 6) is -0.165. The van der Waals surface area contributed by atoms with Crippen molar-refractivity contribution >= 4 is 60.8 Å². The standard InChI is InChI=1S/C14H13Br2NO5S/c1-21-4-3-17-13(19)9(23-14(17)20)6-7-5-8(22-2)12(18)11(16)10(7)15/h5-6,18H,3-4H2,1-2H3/b9-6+. The summed E-state index contributed by atoms with van der Waals surface area (Å²) in [6, 6.07) is 1.58. The molecule has 1 aliphatic heterocycles. The topological polar surface area (TPSA) is 76.1 Å². The molecule has 0 bridgehead atoms. The van der Waals surface area contributed by atoms with Gasteiger partial charge in [0.15, 0.2) is 11.5 Å². The minimum absolute atomic E-state index is 0.0512. The fourth-order valence-corrected chi connectivity index (χ4v) is 3.59. The Morgan fingerprint density at radius 3 is 2.61 bits per heavy atom. The highest BCUT2D eigenvalue weighted by molar-refractivity contribution is 9.13. The number of hydrogen-bond acceptors (Lipinski definition) is 6. The lowest BCUT2D eigenvalue weighted by Gasteiger charge is -2.11. The van der Waals surface area contributed by atoms with Crippen LogP contribution in [0.4, 0.5) is 4.79 Å². The van der Waals surface area contributed by atoms with Crippen molar-refractivity contribution in [2.24, 2.45) is 0 Å². The van der Waals surface area contributed by atoms with Crippen molar-refractivity contribution in [1.82, 2.24) is 4.90 Å². The van der Waals surface area contributed by atoms with Crippen LogP contribution >= 0.6 is 43.6 Å². The number of ether oxygens (including phenoxy) is 2. The smallest absolute Gasteiger partial charge is 0.293 e. The number of methoxy groups -OCH3 is 2. The molecule has 124 valence electrons. The van der Waals surface area contributed by atoms with Crippen molar-refractivity contribution in [2.75, 3.05) is 27.4 Å². The third-order valence-electron chi connectivity index (χ3n) is 3.07. The molecule has 0 saturated carbocycles. The number of imide groups is 1. The molecule has 1 saturated heterocycles. The van der Waals surface area contributed by atoms with Gasteiger partial charge in [-0.3, -0.25) is 14.5 Å². The second-order valence-corrected chi connectivity index (χ2v) is 7.05. The Morgan fingerprint density at radius 1 is 1.30 bits per heavy atom. The van der Waals surface area contributed by atoms with Gasteiger partial charge in [-0.15, -0.1) is 0 Å². The number of nitrogens with zero attached hydrogens (tertiary/aromatic N) is 1. The highest BCUT2D eigenvalue weighted by Gasteiger charge is 2.34. The van der Waals surface area contributed by atoms with E-state index in [4.69, 9.17) is 9.47 Å². The van der Waals surface area contributed by atoms with Crippen LogP contribution < -0.4 is 4.74 Å². The Kier molecular flexibility index (Phi) is 6.12. The van der Waals surface area contributed by atoms with Gasteiger partial charge in [0.2, 0.25) is 0 Å². The lowest BCUT2D eigenvalue weighted by atomic mass is 10.2. The molecule has 1 N–H and O–H groups in total. The number of hydrogen-bond donors (Lipinski definition) is 1. The first-order valence-corrected chi connectivity index (χ1v) is 8.80. The van der Waals surface area contributed by atoms with Gasteiger partial charge in [0.25, 0.3) is 11.1 Å². The summed E-state index contributed by atoms with van der Waals surface area (Å²) < 4.78 is 11.0. The van der Waals surface area contributed by atoms with Gasteiger partial charge in [0.05, 0.1) is 29.6 Å². The molecule has 1 aromatic rings. The van der Waals surface area contributed by atoms with E-state index < -0.39 is 0 Å². The summed E-state index contributed by atoms with van der Waals surface area (Å²) in [7, 11) is 2.93. The van der Waals surface area contributed by atoms with E-state index in [1.807, 2.05) is 0 Å². The molecular weight excluding hydrogens is 454 g/mol. The van der Waals surface area contributed by atoms with Crippen molar-refractivity contribution in [1.29, 1.82) is 0 Å². The van der Waals surface area contributed by atoms with Crippen LogP contribution in [-0.2, 0) is 9.53 Å². The summed E-state index contributed by atoms with van der Waals surface area (Å²) in [4.78, 5) is 25.6. The van der Waals surface area contributed by atoms with E-state index >= 15 is 0 Å². The van der Waals surface area contributed by atoms with Crippen molar-refractivity contribution < 1.29 is 24.2 Å². The van der Waals surface area contributed by atoms with Crippen molar-refractivity contribution in [3.05, 3.63) is 25.5 Å². The van der Waals surface area contributed by atoms with Crippen LogP contribution in [0.15, 0.2) is 19.9 Å². The predicted molar refractivity (Wildman–Crippen MR) is 94.6 cm³/mol. The average Bonchev–Trinajstić information content (AvgIpc) is 2.80. The SMILES string of the molecule is COCCN1C(=O)S/C(=C/c2cc(OC)c(O)c(Br)c2Br)C1=O. The average molecular weight is 467 g/mol. The largest absolute Gasteiger partial charge is 0.503 e. The zero-order chi connectivity index (χ0) is 17.1. The number of carbonyl (C=O) groups excluding carboxylic acids is 2. The number of aromatic hydroxyl groups is 1. The molecule has 0 unspecified atom stereocenters. The maximum atomic E-state index is 12.3. The lowest BCUT2D eigenvalue weighted by molar-refractivity contribution is -0.123. The fourth-order valence-electron chi connectivity index (χ4n) is 1.89. The van der Waals surface area contributed by atoms with Crippen molar-refractivity contribution in [3.63, 3.8) is 0 Å². The van der Waals surface area contributed by atoms with Crippen LogP contribution in [0.5, 0.6) is 11.5 Å². The molecule has 0 aliphatic carbocycles. The molecule has 9 heteroatoms. The number of phenols is 1. The maximum Gasteiger partial charge on any atom is 0.293 e. The minimum atomic E-state index is -0.368.